The second-order valence-electron chi connectivity index (χ2n) is 4.00. The lowest BCUT2D eigenvalue weighted by Gasteiger charge is -2.11. The van der Waals surface area contributed by atoms with E-state index in [1.165, 1.54) is 11.9 Å². The Kier molecular flexibility index (Phi) is 3.69. The van der Waals surface area contributed by atoms with Crippen LogP contribution in [0.15, 0.2) is 24.8 Å². The summed E-state index contributed by atoms with van der Waals surface area (Å²) in [5.74, 6) is 6.76. The van der Waals surface area contributed by atoms with Gasteiger partial charge in [0.1, 0.15) is 18.0 Å². The molecular formula is C12H16N6. The molecule has 0 atom stereocenters. The zero-order valence-electron chi connectivity index (χ0n) is 10.4. The van der Waals surface area contributed by atoms with Gasteiger partial charge in [0.25, 0.3) is 0 Å². The van der Waals surface area contributed by atoms with Crippen molar-refractivity contribution in [2.75, 3.05) is 10.7 Å². The number of nitrogens with zero attached hydrogens (tertiary/aromatic N) is 3. The van der Waals surface area contributed by atoms with Gasteiger partial charge in [0.05, 0.1) is 0 Å². The summed E-state index contributed by atoms with van der Waals surface area (Å²) in [6, 6.07) is 1.98. The van der Waals surface area contributed by atoms with Crippen LogP contribution in [0, 0.1) is 13.8 Å². The van der Waals surface area contributed by atoms with E-state index in [0.29, 0.717) is 12.4 Å². The Morgan fingerprint density at radius 2 is 2.00 bits per heavy atom. The number of pyridine rings is 1. The summed E-state index contributed by atoms with van der Waals surface area (Å²) in [4.78, 5) is 12.3. The van der Waals surface area contributed by atoms with Crippen LogP contribution in [0.2, 0.25) is 0 Å². The van der Waals surface area contributed by atoms with Crippen LogP contribution >= 0.6 is 0 Å². The average Bonchev–Trinajstić information content (AvgIpc) is 2.39. The first kappa shape index (κ1) is 12.3. The predicted molar refractivity (Wildman–Crippen MR) is 70.9 cm³/mol. The Bertz CT molecular complexity index is 540. The molecule has 0 aromatic carbocycles. The fourth-order valence-corrected chi connectivity index (χ4v) is 1.63. The van der Waals surface area contributed by atoms with Gasteiger partial charge in [-0.1, -0.05) is 0 Å². The molecule has 6 nitrogen and oxygen atoms in total. The van der Waals surface area contributed by atoms with Crippen LogP contribution < -0.4 is 16.6 Å². The zero-order chi connectivity index (χ0) is 13.0. The van der Waals surface area contributed by atoms with E-state index in [1.54, 1.807) is 6.20 Å². The van der Waals surface area contributed by atoms with Crippen LogP contribution in [0.5, 0.6) is 0 Å². The highest BCUT2D eigenvalue weighted by molar-refractivity contribution is 5.55. The van der Waals surface area contributed by atoms with Crippen molar-refractivity contribution in [1.82, 2.24) is 15.0 Å². The van der Waals surface area contributed by atoms with Gasteiger partial charge >= 0.3 is 0 Å². The van der Waals surface area contributed by atoms with Gasteiger partial charge in [0.15, 0.2) is 0 Å². The van der Waals surface area contributed by atoms with E-state index in [1.807, 2.05) is 19.2 Å². The van der Waals surface area contributed by atoms with Gasteiger partial charge in [-0.2, -0.15) is 0 Å². The number of rotatable bonds is 4. The number of aryl methyl sites for hydroxylation is 1. The van der Waals surface area contributed by atoms with Crippen molar-refractivity contribution in [3.8, 4) is 0 Å². The molecule has 2 heterocycles. The lowest BCUT2D eigenvalue weighted by molar-refractivity contribution is 1.03. The molecule has 0 fully saturated rings. The third-order valence-corrected chi connectivity index (χ3v) is 2.81. The van der Waals surface area contributed by atoms with Crippen LogP contribution in [0.25, 0.3) is 0 Å². The van der Waals surface area contributed by atoms with E-state index in [4.69, 9.17) is 5.84 Å². The van der Waals surface area contributed by atoms with Gasteiger partial charge in [-0.3, -0.25) is 4.98 Å². The monoisotopic (exact) mass is 244 g/mol. The molecule has 0 amide bonds. The van der Waals surface area contributed by atoms with Crippen LogP contribution in [0.3, 0.4) is 0 Å². The second-order valence-corrected chi connectivity index (χ2v) is 4.00. The lowest BCUT2D eigenvalue weighted by atomic mass is 10.1. The normalized spacial score (nSPS) is 10.2. The first-order valence-electron chi connectivity index (χ1n) is 5.64. The van der Waals surface area contributed by atoms with Crippen LogP contribution in [0.1, 0.15) is 16.7 Å². The maximum Gasteiger partial charge on any atom is 0.148 e. The van der Waals surface area contributed by atoms with E-state index in [9.17, 15) is 0 Å². The Hall–Kier alpha value is -2.21. The third kappa shape index (κ3) is 2.54. The summed E-state index contributed by atoms with van der Waals surface area (Å²) in [6.07, 6.45) is 5.10. The molecule has 2 rings (SSSR count). The Labute approximate surface area is 106 Å². The third-order valence-electron chi connectivity index (χ3n) is 2.81. The molecule has 2 aromatic rings. The van der Waals surface area contributed by atoms with Crippen molar-refractivity contribution in [2.24, 2.45) is 5.84 Å². The number of aromatic nitrogens is 3. The predicted octanol–water partition coefficient (Wildman–Crippen LogP) is 1.39. The lowest BCUT2D eigenvalue weighted by Crippen LogP contribution is -2.12. The van der Waals surface area contributed by atoms with Gasteiger partial charge in [0.2, 0.25) is 0 Å². The quantitative estimate of drug-likeness (QED) is 0.556. The van der Waals surface area contributed by atoms with E-state index in [2.05, 4.69) is 32.6 Å². The summed E-state index contributed by atoms with van der Waals surface area (Å²) in [5, 5.41) is 3.26. The number of nitrogens with two attached hydrogens (primary N) is 1. The standard InChI is InChI=1S/C12H16N6/c1-8-3-4-14-5-10(8)6-15-11-9(2)12(18-13)17-7-16-11/h3-5,7H,6,13H2,1-2H3,(H2,15,16,17,18). The summed E-state index contributed by atoms with van der Waals surface area (Å²) in [5.41, 5.74) is 5.76. The summed E-state index contributed by atoms with van der Waals surface area (Å²) in [7, 11) is 0. The number of hydrazine groups is 1. The molecule has 2 aromatic heterocycles. The first-order chi connectivity index (χ1) is 8.72. The largest absolute Gasteiger partial charge is 0.366 e. The number of hydrogen-bond donors (Lipinski definition) is 3. The fourth-order valence-electron chi connectivity index (χ4n) is 1.63. The molecule has 0 radical (unpaired) electrons. The van der Waals surface area contributed by atoms with Crippen molar-refractivity contribution in [2.45, 2.75) is 20.4 Å². The van der Waals surface area contributed by atoms with Crippen LogP contribution in [-0.4, -0.2) is 15.0 Å². The molecule has 0 unspecified atom stereocenters. The maximum atomic E-state index is 5.37. The smallest absolute Gasteiger partial charge is 0.148 e. The minimum Gasteiger partial charge on any atom is -0.366 e. The van der Waals surface area contributed by atoms with Gasteiger partial charge in [0, 0.05) is 24.5 Å². The number of anilines is 2. The number of hydrogen-bond acceptors (Lipinski definition) is 6. The van der Waals surface area contributed by atoms with Crippen LogP contribution in [-0.2, 0) is 6.54 Å². The highest BCUT2D eigenvalue weighted by Crippen LogP contribution is 2.18. The Balaban J connectivity index is 2.14. The SMILES string of the molecule is Cc1ccncc1CNc1ncnc(NN)c1C. The highest BCUT2D eigenvalue weighted by Gasteiger charge is 2.06. The van der Waals surface area contributed by atoms with Gasteiger partial charge in [-0.25, -0.2) is 15.8 Å². The molecule has 94 valence electrons. The van der Waals surface area contributed by atoms with Gasteiger partial charge < -0.3 is 10.7 Å². The molecule has 0 aliphatic carbocycles. The number of nitrogens with one attached hydrogen (secondary N) is 2. The van der Waals surface area contributed by atoms with E-state index in [-0.39, 0.29) is 0 Å². The fraction of sp³-hybridized carbons (Fsp3) is 0.250. The Morgan fingerprint density at radius 1 is 1.22 bits per heavy atom. The molecule has 0 saturated heterocycles. The molecule has 0 aliphatic rings. The van der Waals surface area contributed by atoms with E-state index >= 15 is 0 Å². The molecule has 0 saturated carbocycles. The molecule has 4 N–H and O–H groups in total. The summed E-state index contributed by atoms with van der Waals surface area (Å²) < 4.78 is 0. The summed E-state index contributed by atoms with van der Waals surface area (Å²) >= 11 is 0. The zero-order valence-corrected chi connectivity index (χ0v) is 10.4. The first-order valence-corrected chi connectivity index (χ1v) is 5.64. The van der Waals surface area contributed by atoms with E-state index in [0.717, 1.165) is 16.9 Å². The van der Waals surface area contributed by atoms with Crippen molar-refractivity contribution in [3.63, 3.8) is 0 Å². The molecule has 6 heteroatoms. The van der Waals surface area contributed by atoms with Crippen molar-refractivity contribution in [1.29, 1.82) is 0 Å². The number of nitrogen functional groups attached to an aromatic ring is 1. The molecule has 0 aliphatic heterocycles. The molecular weight excluding hydrogens is 228 g/mol. The van der Waals surface area contributed by atoms with Crippen molar-refractivity contribution in [3.05, 3.63) is 41.5 Å². The minimum atomic E-state index is 0.621. The maximum absolute atomic E-state index is 5.37. The topological polar surface area (TPSA) is 88.8 Å². The molecule has 18 heavy (non-hydrogen) atoms. The molecule has 0 bridgehead atoms. The van der Waals surface area contributed by atoms with Gasteiger partial charge in [-0.15, -0.1) is 0 Å². The second kappa shape index (κ2) is 5.42. The van der Waals surface area contributed by atoms with Gasteiger partial charge in [-0.05, 0) is 31.0 Å². The highest BCUT2D eigenvalue weighted by atomic mass is 15.3. The Morgan fingerprint density at radius 3 is 2.72 bits per heavy atom. The van der Waals surface area contributed by atoms with Crippen LogP contribution in [0.4, 0.5) is 11.6 Å². The average molecular weight is 244 g/mol. The van der Waals surface area contributed by atoms with Crippen molar-refractivity contribution < 1.29 is 0 Å². The minimum absolute atomic E-state index is 0.621. The molecule has 0 spiro atoms. The van der Waals surface area contributed by atoms with Crippen molar-refractivity contribution >= 4 is 11.6 Å². The van der Waals surface area contributed by atoms with E-state index < -0.39 is 0 Å². The summed E-state index contributed by atoms with van der Waals surface area (Å²) in [6.45, 7) is 4.63.